The number of allylic oxidation sites excluding steroid dienone is 1. The van der Waals surface area contributed by atoms with Crippen molar-refractivity contribution in [3.05, 3.63) is 45.8 Å². The zero-order valence-electron chi connectivity index (χ0n) is 11.6. The number of nitro benzene ring substituents is 1. The van der Waals surface area contributed by atoms with Gasteiger partial charge in [-0.1, -0.05) is 0 Å². The van der Waals surface area contributed by atoms with Crippen LogP contribution in [-0.2, 0) is 9.53 Å². The maximum Gasteiger partial charge on any atom is 0.451 e. The van der Waals surface area contributed by atoms with E-state index in [9.17, 15) is 28.1 Å². The molecule has 0 saturated heterocycles. The third-order valence-corrected chi connectivity index (χ3v) is 2.29. The second-order valence-corrected chi connectivity index (χ2v) is 3.89. The van der Waals surface area contributed by atoms with Crippen molar-refractivity contribution in [2.75, 3.05) is 6.61 Å². The maximum atomic E-state index is 12.5. The molecule has 1 aromatic rings. The number of nitrogens with zero attached hydrogens (tertiary/aromatic N) is 3. The van der Waals surface area contributed by atoms with E-state index in [2.05, 4.69) is 15.0 Å². The van der Waals surface area contributed by atoms with Gasteiger partial charge >= 0.3 is 12.1 Å². The van der Waals surface area contributed by atoms with E-state index in [-0.39, 0.29) is 18.0 Å². The van der Waals surface area contributed by atoms with Gasteiger partial charge in [0.05, 0.1) is 17.2 Å². The molecule has 0 aliphatic rings. The lowest BCUT2D eigenvalue weighted by atomic mass is 10.3. The van der Waals surface area contributed by atoms with E-state index in [0.717, 1.165) is 24.3 Å². The number of alkyl halides is 3. The lowest BCUT2D eigenvalue weighted by Crippen LogP contribution is -2.18. The number of hydrogen-bond acceptors (Lipinski definition) is 7. The third-order valence-electron chi connectivity index (χ3n) is 2.29. The molecular formula is C12H10F3N3O5. The Morgan fingerprint density at radius 2 is 1.91 bits per heavy atom. The van der Waals surface area contributed by atoms with Gasteiger partial charge in [-0.2, -0.15) is 18.3 Å². The van der Waals surface area contributed by atoms with Gasteiger partial charge in [0.15, 0.2) is 0 Å². The van der Waals surface area contributed by atoms with Crippen molar-refractivity contribution in [1.82, 2.24) is 0 Å². The molecule has 0 bridgehead atoms. The van der Waals surface area contributed by atoms with Crippen molar-refractivity contribution in [1.29, 1.82) is 0 Å². The highest BCUT2D eigenvalue weighted by atomic mass is 19.4. The van der Waals surface area contributed by atoms with Gasteiger partial charge in [-0.3, -0.25) is 10.1 Å². The first-order chi connectivity index (χ1) is 10.7. The van der Waals surface area contributed by atoms with E-state index < -0.39 is 28.5 Å². The summed E-state index contributed by atoms with van der Waals surface area (Å²) in [6.07, 6.45) is -5.21. The van der Waals surface area contributed by atoms with Crippen molar-refractivity contribution in [3.63, 3.8) is 0 Å². The number of ether oxygens (including phenoxy) is 1. The summed E-state index contributed by atoms with van der Waals surface area (Å²) in [5.41, 5.74) is -1.74. The molecule has 8 nitrogen and oxygen atoms in total. The smallest absolute Gasteiger partial charge is 0.451 e. The number of esters is 1. The fourth-order valence-corrected chi connectivity index (χ4v) is 1.27. The van der Waals surface area contributed by atoms with Crippen LogP contribution < -0.4 is 0 Å². The van der Waals surface area contributed by atoms with Crippen LogP contribution in [0.15, 0.2) is 46.0 Å². The van der Waals surface area contributed by atoms with Crippen LogP contribution in [0.25, 0.3) is 0 Å². The number of hydrogen-bond donors (Lipinski definition) is 1. The molecule has 0 aliphatic carbocycles. The molecule has 0 radical (unpaired) electrons. The number of nitro groups is 1. The highest BCUT2D eigenvalue weighted by molar-refractivity contribution is 5.88. The summed E-state index contributed by atoms with van der Waals surface area (Å²) in [4.78, 5) is 21.2. The third kappa shape index (κ3) is 5.05. The number of azo groups is 1. The van der Waals surface area contributed by atoms with Gasteiger partial charge in [-0.15, -0.1) is 5.11 Å². The molecule has 0 aliphatic heterocycles. The zero-order chi connectivity index (χ0) is 17.6. The van der Waals surface area contributed by atoms with Crippen molar-refractivity contribution >= 4 is 17.3 Å². The summed E-state index contributed by atoms with van der Waals surface area (Å²) in [6, 6.07) is 4.31. The Morgan fingerprint density at radius 3 is 2.35 bits per heavy atom. The highest BCUT2D eigenvalue weighted by Gasteiger charge is 2.39. The Kier molecular flexibility index (Phi) is 5.76. The van der Waals surface area contributed by atoms with Crippen LogP contribution in [0.3, 0.4) is 0 Å². The lowest BCUT2D eigenvalue weighted by molar-refractivity contribution is -0.384. The van der Waals surface area contributed by atoms with Crippen molar-refractivity contribution < 1.29 is 32.7 Å². The monoisotopic (exact) mass is 333 g/mol. The van der Waals surface area contributed by atoms with Gasteiger partial charge < -0.3 is 9.84 Å². The molecule has 0 heterocycles. The Bertz CT molecular complexity index is 653. The predicted molar refractivity (Wildman–Crippen MR) is 70.0 cm³/mol. The molecule has 0 amide bonds. The Hall–Kier alpha value is -2.98. The summed E-state index contributed by atoms with van der Waals surface area (Å²) in [6.45, 7) is 1.12. The average Bonchev–Trinajstić information content (AvgIpc) is 2.47. The van der Waals surface area contributed by atoms with Gasteiger partial charge in [-0.05, 0) is 19.1 Å². The molecule has 11 heteroatoms. The van der Waals surface area contributed by atoms with Crippen LogP contribution >= 0.6 is 0 Å². The minimum Gasteiger partial charge on any atom is -0.502 e. The van der Waals surface area contributed by atoms with Crippen LogP contribution in [0.1, 0.15) is 6.92 Å². The first kappa shape index (κ1) is 18.1. The number of aliphatic hydroxyl groups is 1. The lowest BCUT2D eigenvalue weighted by Gasteiger charge is -2.08. The van der Waals surface area contributed by atoms with Crippen LogP contribution in [0.5, 0.6) is 0 Å². The first-order valence-corrected chi connectivity index (χ1v) is 6.00. The van der Waals surface area contributed by atoms with Crippen molar-refractivity contribution in [2.24, 2.45) is 10.2 Å². The van der Waals surface area contributed by atoms with Crippen LogP contribution in [0.2, 0.25) is 0 Å². The Labute approximate surface area is 127 Å². The fraction of sp³-hybridized carbons (Fsp3) is 0.250. The number of halogens is 3. The van der Waals surface area contributed by atoms with E-state index in [1.807, 2.05) is 0 Å². The molecule has 0 spiro atoms. The van der Waals surface area contributed by atoms with Crippen LogP contribution in [-0.4, -0.2) is 28.8 Å². The molecule has 0 aromatic heterocycles. The fourth-order valence-electron chi connectivity index (χ4n) is 1.27. The molecular weight excluding hydrogens is 323 g/mol. The molecule has 0 saturated carbocycles. The van der Waals surface area contributed by atoms with E-state index in [0.29, 0.717) is 0 Å². The molecule has 0 fully saturated rings. The summed E-state index contributed by atoms with van der Waals surface area (Å²) in [5.74, 6) is -3.76. The predicted octanol–water partition coefficient (Wildman–Crippen LogP) is 3.57. The quantitative estimate of drug-likeness (QED) is 0.221. The standard InChI is InChI=1S/C12H10F3N3O5/c1-2-23-11(20)9(10(19)12(13,14)15)17-16-7-3-5-8(6-4-7)18(21)22/h3-6,19H,2H2,1H3/b10-9-,17-16?. The molecule has 1 rings (SSSR count). The molecule has 23 heavy (non-hydrogen) atoms. The summed E-state index contributed by atoms with van der Waals surface area (Å²) in [5, 5.41) is 25.9. The van der Waals surface area contributed by atoms with Gasteiger partial charge in [0.25, 0.3) is 5.69 Å². The van der Waals surface area contributed by atoms with Gasteiger partial charge in [0, 0.05) is 12.1 Å². The normalized spacial score (nSPS) is 12.9. The maximum absolute atomic E-state index is 12.5. The number of carbonyl (C=O) groups excluding carboxylic acids is 1. The molecule has 124 valence electrons. The molecule has 0 atom stereocenters. The first-order valence-electron chi connectivity index (χ1n) is 6.00. The zero-order valence-corrected chi connectivity index (χ0v) is 11.6. The average molecular weight is 333 g/mol. The number of non-ortho nitro benzene ring substituents is 1. The number of benzene rings is 1. The van der Waals surface area contributed by atoms with E-state index >= 15 is 0 Å². The van der Waals surface area contributed by atoms with E-state index in [4.69, 9.17) is 5.11 Å². The topological polar surface area (TPSA) is 114 Å². The van der Waals surface area contributed by atoms with Gasteiger partial charge in [0.1, 0.15) is 0 Å². The number of carbonyl (C=O) groups is 1. The van der Waals surface area contributed by atoms with Gasteiger partial charge in [0.2, 0.25) is 11.5 Å². The SMILES string of the molecule is CCOC(=O)/C(N=Nc1ccc([N+](=O)[O-])cc1)=C(/O)C(F)(F)F. The van der Waals surface area contributed by atoms with Crippen molar-refractivity contribution in [3.8, 4) is 0 Å². The largest absolute Gasteiger partial charge is 0.502 e. The number of aliphatic hydroxyl groups excluding tert-OH is 1. The molecule has 0 unspecified atom stereocenters. The number of rotatable bonds is 5. The summed E-state index contributed by atoms with van der Waals surface area (Å²) in [7, 11) is 0. The summed E-state index contributed by atoms with van der Waals surface area (Å²) >= 11 is 0. The minimum atomic E-state index is -5.21. The Morgan fingerprint density at radius 1 is 1.35 bits per heavy atom. The summed E-state index contributed by atoms with van der Waals surface area (Å²) < 4.78 is 41.8. The van der Waals surface area contributed by atoms with Crippen molar-refractivity contribution in [2.45, 2.75) is 13.1 Å². The van der Waals surface area contributed by atoms with Gasteiger partial charge in [-0.25, -0.2) is 4.79 Å². The van der Waals surface area contributed by atoms with Crippen LogP contribution in [0, 0.1) is 10.1 Å². The second-order valence-electron chi connectivity index (χ2n) is 3.89. The van der Waals surface area contributed by atoms with E-state index in [1.165, 1.54) is 6.92 Å². The van der Waals surface area contributed by atoms with Crippen LogP contribution in [0.4, 0.5) is 24.5 Å². The highest BCUT2D eigenvalue weighted by Crippen LogP contribution is 2.28. The Balaban J connectivity index is 3.15. The second kappa shape index (κ2) is 7.33. The van der Waals surface area contributed by atoms with E-state index in [1.54, 1.807) is 0 Å². The molecule has 1 aromatic carbocycles. The molecule has 1 N–H and O–H groups in total. The minimum absolute atomic E-state index is 0.0626.